The summed E-state index contributed by atoms with van der Waals surface area (Å²) < 4.78 is 13.4. The molecule has 0 saturated heterocycles. The fraction of sp³-hybridized carbons (Fsp3) is 0.300. The standard InChI is InChI=1S/C20H19ClFNO2/c21-17-9-8-13(10-18(17)22)11-19(24)20(25)23-12-15-6-3-5-14-4-1-2-7-16(14)15/h1-2,4,7-10,15H,3,5-6,11-12H2,(H,23,25). The van der Waals surface area contributed by atoms with E-state index in [0.717, 1.165) is 19.3 Å². The number of halogens is 2. The highest BCUT2D eigenvalue weighted by molar-refractivity contribution is 6.36. The van der Waals surface area contributed by atoms with Gasteiger partial charge in [-0.15, -0.1) is 0 Å². The number of carbonyl (C=O) groups is 2. The molecule has 0 bridgehead atoms. The Bertz CT molecular complexity index is 806. The van der Waals surface area contributed by atoms with Crippen LogP contribution in [0.3, 0.4) is 0 Å². The molecule has 1 aliphatic rings. The van der Waals surface area contributed by atoms with Crippen LogP contribution in [0.4, 0.5) is 4.39 Å². The second-order valence-corrected chi connectivity index (χ2v) is 6.75. The topological polar surface area (TPSA) is 46.2 Å². The number of hydrogen-bond acceptors (Lipinski definition) is 2. The third-order valence-electron chi connectivity index (χ3n) is 4.60. The Labute approximate surface area is 151 Å². The van der Waals surface area contributed by atoms with Crippen molar-refractivity contribution >= 4 is 23.3 Å². The zero-order chi connectivity index (χ0) is 17.8. The third kappa shape index (κ3) is 4.26. The van der Waals surface area contributed by atoms with Gasteiger partial charge in [0.1, 0.15) is 5.82 Å². The van der Waals surface area contributed by atoms with Crippen molar-refractivity contribution in [2.45, 2.75) is 31.6 Å². The molecule has 3 nitrogen and oxygen atoms in total. The Morgan fingerprint density at radius 3 is 2.80 bits per heavy atom. The number of aryl methyl sites for hydroxylation is 1. The first-order valence-corrected chi connectivity index (χ1v) is 8.75. The largest absolute Gasteiger partial charge is 0.349 e. The first kappa shape index (κ1) is 17.6. The zero-order valence-electron chi connectivity index (χ0n) is 13.7. The van der Waals surface area contributed by atoms with E-state index in [2.05, 4.69) is 17.4 Å². The molecule has 0 aliphatic heterocycles. The van der Waals surface area contributed by atoms with Gasteiger partial charge in [-0.2, -0.15) is 0 Å². The molecule has 2 aromatic rings. The summed E-state index contributed by atoms with van der Waals surface area (Å²) in [6.07, 6.45) is 2.99. The van der Waals surface area contributed by atoms with E-state index in [1.807, 2.05) is 12.1 Å². The number of carbonyl (C=O) groups excluding carboxylic acids is 2. The average Bonchev–Trinajstić information content (AvgIpc) is 2.62. The molecule has 0 saturated carbocycles. The molecule has 25 heavy (non-hydrogen) atoms. The fourth-order valence-electron chi connectivity index (χ4n) is 3.30. The monoisotopic (exact) mass is 359 g/mol. The lowest BCUT2D eigenvalue weighted by Crippen LogP contribution is -2.35. The highest BCUT2D eigenvalue weighted by Gasteiger charge is 2.22. The summed E-state index contributed by atoms with van der Waals surface area (Å²) in [5.41, 5.74) is 3.00. The highest BCUT2D eigenvalue weighted by atomic mass is 35.5. The van der Waals surface area contributed by atoms with Crippen molar-refractivity contribution in [2.75, 3.05) is 6.54 Å². The lowest BCUT2D eigenvalue weighted by molar-refractivity contribution is -0.137. The normalized spacial score (nSPS) is 16.2. The smallest absolute Gasteiger partial charge is 0.287 e. The number of Topliss-reactive ketones (excluding diaryl/α,β-unsaturated/α-hetero) is 1. The summed E-state index contributed by atoms with van der Waals surface area (Å²) in [5, 5.41) is 2.73. The summed E-state index contributed by atoms with van der Waals surface area (Å²) >= 11 is 5.62. The first-order chi connectivity index (χ1) is 12.0. The van der Waals surface area contributed by atoms with Crippen molar-refractivity contribution in [3.63, 3.8) is 0 Å². The van der Waals surface area contributed by atoms with E-state index in [1.165, 1.54) is 23.3 Å². The van der Waals surface area contributed by atoms with Crippen molar-refractivity contribution in [3.8, 4) is 0 Å². The van der Waals surface area contributed by atoms with Gasteiger partial charge < -0.3 is 5.32 Å². The molecule has 0 heterocycles. The molecule has 1 amide bonds. The van der Waals surface area contributed by atoms with E-state index < -0.39 is 17.5 Å². The first-order valence-electron chi connectivity index (χ1n) is 8.37. The summed E-state index contributed by atoms with van der Waals surface area (Å²) in [5.74, 6) is -1.56. The van der Waals surface area contributed by atoms with Crippen LogP contribution in [0.15, 0.2) is 42.5 Å². The highest BCUT2D eigenvalue weighted by Crippen LogP contribution is 2.30. The maximum absolute atomic E-state index is 13.4. The lowest BCUT2D eigenvalue weighted by Gasteiger charge is -2.25. The molecule has 1 unspecified atom stereocenters. The van der Waals surface area contributed by atoms with Crippen LogP contribution in [-0.4, -0.2) is 18.2 Å². The summed E-state index contributed by atoms with van der Waals surface area (Å²) in [6.45, 7) is 0.441. The molecule has 2 aromatic carbocycles. The van der Waals surface area contributed by atoms with Crippen LogP contribution in [-0.2, 0) is 22.4 Å². The second-order valence-electron chi connectivity index (χ2n) is 6.35. The number of rotatable bonds is 5. The van der Waals surface area contributed by atoms with E-state index in [9.17, 15) is 14.0 Å². The Morgan fingerprint density at radius 1 is 1.20 bits per heavy atom. The van der Waals surface area contributed by atoms with E-state index in [-0.39, 0.29) is 17.4 Å². The molecule has 3 rings (SSSR count). The minimum atomic E-state index is -0.626. The maximum Gasteiger partial charge on any atom is 0.287 e. The Hall–Kier alpha value is -2.20. The van der Waals surface area contributed by atoms with Crippen LogP contribution in [0, 0.1) is 5.82 Å². The fourth-order valence-corrected chi connectivity index (χ4v) is 3.41. The number of amides is 1. The van der Waals surface area contributed by atoms with Gasteiger partial charge in [0.2, 0.25) is 5.78 Å². The van der Waals surface area contributed by atoms with Crippen LogP contribution in [0.5, 0.6) is 0 Å². The number of benzene rings is 2. The van der Waals surface area contributed by atoms with Gasteiger partial charge in [-0.25, -0.2) is 4.39 Å². The van der Waals surface area contributed by atoms with Crippen molar-refractivity contribution in [1.82, 2.24) is 5.32 Å². The number of hydrogen-bond donors (Lipinski definition) is 1. The van der Waals surface area contributed by atoms with Gasteiger partial charge >= 0.3 is 0 Å². The Morgan fingerprint density at radius 2 is 2.00 bits per heavy atom. The van der Waals surface area contributed by atoms with Crippen LogP contribution >= 0.6 is 11.6 Å². The van der Waals surface area contributed by atoms with Gasteiger partial charge in [0.05, 0.1) is 5.02 Å². The van der Waals surface area contributed by atoms with E-state index in [4.69, 9.17) is 11.6 Å². The predicted octanol–water partition coefficient (Wildman–Crippen LogP) is 3.83. The van der Waals surface area contributed by atoms with Crippen molar-refractivity contribution in [1.29, 1.82) is 0 Å². The molecule has 0 spiro atoms. The van der Waals surface area contributed by atoms with Gasteiger partial charge in [-0.05, 0) is 48.1 Å². The number of nitrogens with one attached hydrogen (secondary N) is 1. The lowest BCUT2D eigenvalue weighted by atomic mass is 9.83. The minimum absolute atomic E-state index is 0.00313. The van der Waals surface area contributed by atoms with Gasteiger partial charge in [0.25, 0.3) is 5.91 Å². The molecule has 0 aromatic heterocycles. The molecule has 1 N–H and O–H groups in total. The SMILES string of the molecule is O=C(Cc1ccc(Cl)c(F)c1)C(=O)NCC1CCCc2ccccc21. The van der Waals surface area contributed by atoms with Crippen LogP contribution < -0.4 is 5.32 Å². The second kappa shape index (κ2) is 7.79. The van der Waals surface area contributed by atoms with Crippen LogP contribution in [0.2, 0.25) is 5.02 Å². The quantitative estimate of drug-likeness (QED) is 0.825. The number of ketones is 1. The number of fused-ring (bicyclic) bond motifs is 1. The van der Waals surface area contributed by atoms with Crippen LogP contribution in [0.1, 0.15) is 35.4 Å². The van der Waals surface area contributed by atoms with Crippen molar-refractivity contribution in [2.24, 2.45) is 0 Å². The molecular weight excluding hydrogens is 341 g/mol. The molecule has 130 valence electrons. The van der Waals surface area contributed by atoms with Gasteiger partial charge in [-0.3, -0.25) is 9.59 Å². The van der Waals surface area contributed by atoms with E-state index in [1.54, 1.807) is 6.07 Å². The molecule has 1 atom stereocenters. The molecule has 0 fully saturated rings. The summed E-state index contributed by atoms with van der Waals surface area (Å²) in [4.78, 5) is 24.1. The van der Waals surface area contributed by atoms with E-state index in [0.29, 0.717) is 12.1 Å². The molecule has 0 radical (unpaired) electrons. The third-order valence-corrected chi connectivity index (χ3v) is 4.91. The van der Waals surface area contributed by atoms with Gasteiger partial charge in [0, 0.05) is 18.9 Å². The Kier molecular flexibility index (Phi) is 5.49. The minimum Gasteiger partial charge on any atom is -0.349 e. The van der Waals surface area contributed by atoms with Crippen molar-refractivity contribution in [3.05, 3.63) is 70.0 Å². The molecule has 5 heteroatoms. The summed E-state index contributed by atoms with van der Waals surface area (Å²) in [7, 11) is 0. The van der Waals surface area contributed by atoms with E-state index >= 15 is 0 Å². The summed E-state index contributed by atoms with van der Waals surface area (Å²) in [6, 6.07) is 12.3. The van der Waals surface area contributed by atoms with Crippen molar-refractivity contribution < 1.29 is 14.0 Å². The van der Waals surface area contributed by atoms with Gasteiger partial charge in [-0.1, -0.05) is 41.9 Å². The molecule has 1 aliphatic carbocycles. The molecular formula is C20H19ClFNO2. The van der Waals surface area contributed by atoms with Gasteiger partial charge in [0.15, 0.2) is 0 Å². The zero-order valence-corrected chi connectivity index (χ0v) is 14.5. The van der Waals surface area contributed by atoms with Crippen LogP contribution in [0.25, 0.3) is 0 Å². The average molecular weight is 360 g/mol. The Balaban J connectivity index is 1.57. The maximum atomic E-state index is 13.4. The predicted molar refractivity (Wildman–Crippen MR) is 95.3 cm³/mol.